The van der Waals surface area contributed by atoms with Gasteiger partial charge in [0.1, 0.15) is 0 Å². The minimum atomic E-state index is 0.0137. The van der Waals surface area contributed by atoms with Gasteiger partial charge in [-0.3, -0.25) is 9.59 Å². The molecule has 1 saturated heterocycles. The summed E-state index contributed by atoms with van der Waals surface area (Å²) < 4.78 is 0. The summed E-state index contributed by atoms with van der Waals surface area (Å²) in [6.45, 7) is 2.85. The summed E-state index contributed by atoms with van der Waals surface area (Å²) in [5, 5.41) is 3.03. The lowest BCUT2D eigenvalue weighted by Crippen LogP contribution is -2.32. The molecule has 5 heteroatoms. The van der Waals surface area contributed by atoms with Crippen molar-refractivity contribution < 1.29 is 9.59 Å². The third-order valence-electron chi connectivity index (χ3n) is 3.76. The molecule has 1 aromatic carbocycles. The lowest BCUT2D eigenvalue weighted by Gasteiger charge is -2.19. The van der Waals surface area contributed by atoms with Gasteiger partial charge in [0.15, 0.2) is 0 Å². The Morgan fingerprint density at radius 1 is 1.43 bits per heavy atom. The molecular weight excluding hydrogens is 266 g/mol. The number of carbonyl (C=O) groups excluding carboxylic acids is 2. The zero-order valence-electron chi connectivity index (χ0n) is 12.8. The van der Waals surface area contributed by atoms with Crippen LogP contribution in [0.25, 0.3) is 0 Å². The van der Waals surface area contributed by atoms with E-state index in [1.54, 1.807) is 11.9 Å². The zero-order chi connectivity index (χ0) is 15.2. The summed E-state index contributed by atoms with van der Waals surface area (Å²) in [4.78, 5) is 27.6. The highest BCUT2D eigenvalue weighted by molar-refractivity contribution is 5.94. The molecule has 0 atom stereocenters. The minimum Gasteiger partial charge on any atom is -0.340 e. The second-order valence-corrected chi connectivity index (χ2v) is 5.45. The number of hydrogen-bond acceptors (Lipinski definition) is 3. The Morgan fingerprint density at radius 3 is 2.90 bits per heavy atom. The number of rotatable bonds is 6. The van der Waals surface area contributed by atoms with Crippen LogP contribution in [0.5, 0.6) is 0 Å². The molecule has 0 bridgehead atoms. The number of carbonyl (C=O) groups is 2. The molecule has 2 amide bonds. The molecule has 1 aliphatic heterocycles. The third kappa shape index (κ3) is 4.04. The van der Waals surface area contributed by atoms with Crippen molar-refractivity contribution in [2.24, 2.45) is 0 Å². The lowest BCUT2D eigenvalue weighted by atomic mass is 10.1. The van der Waals surface area contributed by atoms with Gasteiger partial charge in [0.2, 0.25) is 5.91 Å². The van der Waals surface area contributed by atoms with Gasteiger partial charge < -0.3 is 15.1 Å². The van der Waals surface area contributed by atoms with E-state index in [1.807, 2.05) is 36.2 Å². The van der Waals surface area contributed by atoms with Gasteiger partial charge in [0.05, 0.1) is 0 Å². The topological polar surface area (TPSA) is 52.7 Å². The number of amides is 2. The van der Waals surface area contributed by atoms with Gasteiger partial charge in [0, 0.05) is 45.2 Å². The molecule has 1 fully saturated rings. The van der Waals surface area contributed by atoms with Crippen LogP contribution in [0.15, 0.2) is 24.3 Å². The fourth-order valence-electron chi connectivity index (χ4n) is 2.50. The molecule has 0 radical (unpaired) electrons. The maximum absolute atomic E-state index is 12.3. The van der Waals surface area contributed by atoms with Crippen LogP contribution in [-0.2, 0) is 11.3 Å². The van der Waals surface area contributed by atoms with Crippen molar-refractivity contribution >= 4 is 11.8 Å². The number of nitrogens with one attached hydrogen (secondary N) is 1. The van der Waals surface area contributed by atoms with Crippen LogP contribution in [0.1, 0.15) is 28.8 Å². The normalized spacial score (nSPS) is 14.6. The Kier molecular flexibility index (Phi) is 5.33. The number of nitrogens with zero attached hydrogens (tertiary/aromatic N) is 2. The van der Waals surface area contributed by atoms with E-state index >= 15 is 0 Å². The van der Waals surface area contributed by atoms with Crippen LogP contribution < -0.4 is 5.32 Å². The van der Waals surface area contributed by atoms with Gasteiger partial charge in [-0.25, -0.2) is 0 Å². The van der Waals surface area contributed by atoms with Gasteiger partial charge in [-0.2, -0.15) is 0 Å². The van der Waals surface area contributed by atoms with Crippen molar-refractivity contribution in [2.45, 2.75) is 19.4 Å². The number of hydrogen-bond donors (Lipinski definition) is 1. The molecule has 1 heterocycles. The zero-order valence-corrected chi connectivity index (χ0v) is 12.8. The lowest BCUT2D eigenvalue weighted by molar-refractivity contribution is -0.128. The summed E-state index contributed by atoms with van der Waals surface area (Å²) in [6.07, 6.45) is 1.58. The Morgan fingerprint density at radius 2 is 2.24 bits per heavy atom. The van der Waals surface area contributed by atoms with E-state index in [4.69, 9.17) is 0 Å². The predicted octanol–water partition coefficient (Wildman–Crippen LogP) is 1.10. The molecule has 0 spiro atoms. The maximum Gasteiger partial charge on any atom is 0.253 e. The minimum absolute atomic E-state index is 0.0137. The van der Waals surface area contributed by atoms with Gasteiger partial charge in [-0.15, -0.1) is 0 Å². The first kappa shape index (κ1) is 15.5. The Labute approximate surface area is 125 Å². The number of likely N-dealkylation sites (tertiary alicyclic amines) is 1. The van der Waals surface area contributed by atoms with Crippen LogP contribution in [0.2, 0.25) is 0 Å². The van der Waals surface area contributed by atoms with Crippen LogP contribution in [0.3, 0.4) is 0 Å². The molecule has 114 valence electrons. The average molecular weight is 289 g/mol. The quantitative estimate of drug-likeness (QED) is 0.853. The molecule has 5 nitrogen and oxygen atoms in total. The van der Waals surface area contributed by atoms with Crippen molar-refractivity contribution in [3.8, 4) is 0 Å². The Bertz CT molecular complexity index is 516. The van der Waals surface area contributed by atoms with E-state index in [-0.39, 0.29) is 11.8 Å². The van der Waals surface area contributed by atoms with Gasteiger partial charge in [0.25, 0.3) is 5.91 Å². The summed E-state index contributed by atoms with van der Waals surface area (Å²) in [5.41, 5.74) is 1.69. The molecule has 0 aliphatic carbocycles. The van der Waals surface area contributed by atoms with Crippen molar-refractivity contribution in [3.63, 3.8) is 0 Å². The summed E-state index contributed by atoms with van der Waals surface area (Å²) in [6, 6.07) is 7.57. The number of benzene rings is 1. The van der Waals surface area contributed by atoms with Crippen LogP contribution >= 0.6 is 0 Å². The van der Waals surface area contributed by atoms with Crippen LogP contribution in [-0.4, -0.2) is 55.3 Å². The van der Waals surface area contributed by atoms with E-state index in [0.717, 1.165) is 25.1 Å². The van der Waals surface area contributed by atoms with E-state index in [2.05, 4.69) is 5.32 Å². The van der Waals surface area contributed by atoms with Crippen molar-refractivity contribution in [1.82, 2.24) is 15.1 Å². The fourth-order valence-corrected chi connectivity index (χ4v) is 2.50. The van der Waals surface area contributed by atoms with Crippen molar-refractivity contribution in [2.75, 3.05) is 33.7 Å². The van der Waals surface area contributed by atoms with Crippen molar-refractivity contribution in [3.05, 3.63) is 35.4 Å². The first-order chi connectivity index (χ1) is 10.1. The summed E-state index contributed by atoms with van der Waals surface area (Å²) >= 11 is 0. The third-order valence-corrected chi connectivity index (χ3v) is 3.76. The van der Waals surface area contributed by atoms with Gasteiger partial charge >= 0.3 is 0 Å². The predicted molar refractivity (Wildman–Crippen MR) is 82.0 cm³/mol. The molecule has 0 saturated carbocycles. The largest absolute Gasteiger partial charge is 0.340 e. The molecular formula is C16H23N3O2. The maximum atomic E-state index is 12.3. The van der Waals surface area contributed by atoms with E-state index in [1.165, 1.54) is 0 Å². The average Bonchev–Trinajstić information content (AvgIpc) is 2.89. The molecule has 0 unspecified atom stereocenters. The fraction of sp³-hybridized carbons (Fsp3) is 0.500. The first-order valence-corrected chi connectivity index (χ1v) is 7.38. The monoisotopic (exact) mass is 289 g/mol. The second kappa shape index (κ2) is 7.22. The highest BCUT2D eigenvalue weighted by Gasteiger charge is 2.20. The van der Waals surface area contributed by atoms with Gasteiger partial charge in [-0.1, -0.05) is 12.1 Å². The smallest absolute Gasteiger partial charge is 0.253 e. The van der Waals surface area contributed by atoms with Crippen molar-refractivity contribution in [1.29, 1.82) is 0 Å². The molecule has 21 heavy (non-hydrogen) atoms. The van der Waals surface area contributed by atoms with E-state index in [9.17, 15) is 9.59 Å². The summed E-state index contributed by atoms with van der Waals surface area (Å²) in [5.74, 6) is 0.220. The second-order valence-electron chi connectivity index (χ2n) is 5.45. The first-order valence-electron chi connectivity index (χ1n) is 7.38. The molecule has 0 aromatic heterocycles. The Hall–Kier alpha value is -1.88. The number of likely N-dealkylation sites (N-methyl/N-ethyl adjacent to an activating group) is 2. The van der Waals surface area contributed by atoms with Crippen LogP contribution in [0.4, 0.5) is 0 Å². The molecule has 1 N–H and O–H groups in total. The van der Waals surface area contributed by atoms with Crippen LogP contribution in [0, 0.1) is 0 Å². The standard InChI is InChI=1S/C16H23N3O2/c1-17-8-10-18(2)16(21)14-6-3-5-13(11-14)12-19-9-4-7-15(19)20/h3,5-6,11,17H,4,7-10,12H2,1-2H3. The molecule has 1 aromatic rings. The Balaban J connectivity index is 2.03. The molecule has 1 aliphatic rings. The molecule has 2 rings (SSSR count). The highest BCUT2D eigenvalue weighted by atomic mass is 16.2. The highest BCUT2D eigenvalue weighted by Crippen LogP contribution is 2.15. The van der Waals surface area contributed by atoms with Gasteiger partial charge in [-0.05, 0) is 31.2 Å². The van der Waals surface area contributed by atoms with E-state index in [0.29, 0.717) is 25.1 Å². The van der Waals surface area contributed by atoms with E-state index < -0.39 is 0 Å². The summed E-state index contributed by atoms with van der Waals surface area (Å²) in [7, 11) is 3.67. The SMILES string of the molecule is CNCCN(C)C(=O)c1cccc(CN2CCCC2=O)c1.